The molecule has 0 bridgehead atoms. The summed E-state index contributed by atoms with van der Waals surface area (Å²) in [6.07, 6.45) is 6.80. The van der Waals surface area contributed by atoms with Crippen molar-refractivity contribution in [3.8, 4) is 0 Å². The monoisotopic (exact) mass is 374 g/mol. The molecule has 5 nitrogen and oxygen atoms in total. The number of guanidine groups is 1. The lowest BCUT2D eigenvalue weighted by molar-refractivity contribution is -0.129. The van der Waals surface area contributed by atoms with Gasteiger partial charge in [0, 0.05) is 0 Å². The minimum atomic E-state index is -0.165. The smallest absolute Gasteiger partial charge is 0.240 e. The number of para-hydroxylation sites is 1. The summed E-state index contributed by atoms with van der Waals surface area (Å²) in [4.78, 5) is 20.7. The number of rotatable bonds is 1. The predicted octanol–water partition coefficient (Wildman–Crippen LogP) is 3.72. The van der Waals surface area contributed by atoms with Gasteiger partial charge in [-0.15, -0.1) is 0 Å². The number of hydrazine groups is 1. The van der Waals surface area contributed by atoms with E-state index in [2.05, 4.69) is 23.6 Å². The maximum atomic E-state index is 14.0. The van der Waals surface area contributed by atoms with E-state index in [4.69, 9.17) is 10.8 Å². The molecule has 144 valence electrons. The van der Waals surface area contributed by atoms with Crippen LogP contribution in [0.2, 0.25) is 0 Å². The van der Waals surface area contributed by atoms with Crippen molar-refractivity contribution in [2.45, 2.75) is 44.6 Å². The largest absolute Gasteiger partial charge is 0.294 e. The molecule has 1 amide bonds. The first-order valence-corrected chi connectivity index (χ1v) is 10.2. The summed E-state index contributed by atoms with van der Waals surface area (Å²) in [6, 6.07) is 18.0. The third kappa shape index (κ3) is 2.57. The third-order valence-corrected chi connectivity index (χ3v) is 6.84. The van der Waals surface area contributed by atoms with Crippen molar-refractivity contribution in [1.29, 1.82) is 0 Å². The van der Waals surface area contributed by atoms with Crippen LogP contribution in [0.25, 0.3) is 0 Å². The minimum absolute atomic E-state index is 0.00892. The Morgan fingerprint density at radius 2 is 1.71 bits per heavy atom. The van der Waals surface area contributed by atoms with E-state index in [0.29, 0.717) is 5.96 Å². The first kappa shape index (κ1) is 17.4. The molecule has 5 heteroatoms. The zero-order chi connectivity index (χ0) is 19.1. The van der Waals surface area contributed by atoms with E-state index in [-0.39, 0.29) is 23.3 Å². The molecule has 2 atom stereocenters. The molecule has 3 N–H and O–H groups in total. The summed E-state index contributed by atoms with van der Waals surface area (Å²) in [7, 11) is 0. The number of aliphatic imine (C=N–C) groups is 1. The second-order valence-electron chi connectivity index (χ2n) is 8.33. The normalized spacial score (nSPS) is 25.7. The van der Waals surface area contributed by atoms with E-state index in [0.717, 1.165) is 24.9 Å². The van der Waals surface area contributed by atoms with Crippen molar-refractivity contribution in [3.63, 3.8) is 0 Å². The fourth-order valence-corrected chi connectivity index (χ4v) is 5.63. The van der Waals surface area contributed by atoms with Crippen LogP contribution in [-0.2, 0) is 11.2 Å². The molecule has 1 spiro atoms. The van der Waals surface area contributed by atoms with Crippen molar-refractivity contribution in [3.05, 3.63) is 65.7 Å². The van der Waals surface area contributed by atoms with Crippen LogP contribution in [0.5, 0.6) is 0 Å². The molecule has 2 aromatic rings. The number of carbonyl (C=O) groups is 1. The predicted molar refractivity (Wildman–Crippen MR) is 111 cm³/mol. The van der Waals surface area contributed by atoms with E-state index in [1.807, 2.05) is 36.4 Å². The average molecular weight is 374 g/mol. The number of amides is 1. The van der Waals surface area contributed by atoms with Gasteiger partial charge >= 0.3 is 0 Å². The Kier molecular flexibility index (Phi) is 4.20. The third-order valence-electron chi connectivity index (χ3n) is 6.84. The van der Waals surface area contributed by atoms with Gasteiger partial charge in [-0.3, -0.25) is 10.2 Å². The standard InChI is InChI=1S/C23H26N4O/c24-26-22-25-20-18-12-6-5-9-16(18)15-23(13-7-2-8-14-23)19(20)21(28)27(22)17-10-3-1-4-11-17/h1,3-6,9-12,19-20H,2,7-8,13-15,24H2,(H,25,26). The maximum absolute atomic E-state index is 14.0. The van der Waals surface area contributed by atoms with Crippen LogP contribution < -0.4 is 16.2 Å². The van der Waals surface area contributed by atoms with Gasteiger partial charge in [-0.1, -0.05) is 61.7 Å². The van der Waals surface area contributed by atoms with E-state index in [1.54, 1.807) is 4.90 Å². The van der Waals surface area contributed by atoms with Crippen molar-refractivity contribution in [1.82, 2.24) is 5.43 Å². The average Bonchev–Trinajstić information content (AvgIpc) is 2.74. The number of hydrogen-bond donors (Lipinski definition) is 2. The van der Waals surface area contributed by atoms with E-state index >= 15 is 0 Å². The van der Waals surface area contributed by atoms with Crippen LogP contribution in [0.15, 0.2) is 59.6 Å². The van der Waals surface area contributed by atoms with E-state index in [9.17, 15) is 4.79 Å². The van der Waals surface area contributed by atoms with Gasteiger partial charge in [-0.25, -0.2) is 15.7 Å². The fourth-order valence-electron chi connectivity index (χ4n) is 5.63. The Morgan fingerprint density at radius 3 is 2.46 bits per heavy atom. The lowest BCUT2D eigenvalue weighted by Crippen LogP contribution is -2.59. The Bertz CT molecular complexity index is 917. The summed E-state index contributed by atoms with van der Waals surface area (Å²) in [5.41, 5.74) is 6.01. The van der Waals surface area contributed by atoms with Crippen molar-refractivity contribution >= 4 is 17.6 Å². The lowest BCUT2D eigenvalue weighted by Gasteiger charge is -2.52. The van der Waals surface area contributed by atoms with Gasteiger partial charge in [0.15, 0.2) is 0 Å². The molecule has 1 heterocycles. The summed E-state index contributed by atoms with van der Waals surface area (Å²) < 4.78 is 0. The molecular formula is C23H26N4O. The number of nitrogens with one attached hydrogen (secondary N) is 1. The summed E-state index contributed by atoms with van der Waals surface area (Å²) >= 11 is 0. The van der Waals surface area contributed by atoms with Gasteiger partial charge in [-0.2, -0.15) is 0 Å². The van der Waals surface area contributed by atoms with Crippen LogP contribution in [0, 0.1) is 11.3 Å². The van der Waals surface area contributed by atoms with E-state index in [1.165, 1.54) is 30.4 Å². The first-order chi connectivity index (χ1) is 13.7. The Hall–Kier alpha value is -2.66. The Balaban J connectivity index is 1.69. The molecule has 0 radical (unpaired) electrons. The van der Waals surface area contributed by atoms with Gasteiger partial charge in [-0.05, 0) is 47.9 Å². The molecule has 2 aliphatic carbocycles. The maximum Gasteiger partial charge on any atom is 0.240 e. The number of benzene rings is 2. The fraction of sp³-hybridized carbons (Fsp3) is 0.391. The SMILES string of the molecule is NNC1=NC2c3ccccc3CC3(CCCCC3)C2C(=O)N1c1ccccc1. The van der Waals surface area contributed by atoms with Crippen LogP contribution in [0.4, 0.5) is 5.69 Å². The van der Waals surface area contributed by atoms with Gasteiger partial charge in [0.25, 0.3) is 0 Å². The summed E-state index contributed by atoms with van der Waals surface area (Å²) in [5, 5.41) is 0. The van der Waals surface area contributed by atoms with Crippen molar-refractivity contribution in [2.75, 3.05) is 4.90 Å². The number of nitrogens with two attached hydrogens (primary N) is 1. The van der Waals surface area contributed by atoms with Gasteiger partial charge < -0.3 is 0 Å². The van der Waals surface area contributed by atoms with Crippen molar-refractivity contribution in [2.24, 2.45) is 22.2 Å². The highest BCUT2D eigenvalue weighted by molar-refractivity contribution is 6.18. The van der Waals surface area contributed by atoms with Crippen LogP contribution >= 0.6 is 0 Å². The molecule has 1 aliphatic heterocycles. The topological polar surface area (TPSA) is 70.7 Å². The molecule has 1 saturated carbocycles. The Labute approximate surface area is 165 Å². The second-order valence-corrected chi connectivity index (χ2v) is 8.33. The zero-order valence-corrected chi connectivity index (χ0v) is 16.0. The van der Waals surface area contributed by atoms with Crippen molar-refractivity contribution < 1.29 is 4.79 Å². The highest BCUT2D eigenvalue weighted by Gasteiger charge is 2.55. The molecule has 1 fully saturated rings. The highest BCUT2D eigenvalue weighted by atomic mass is 16.2. The number of carbonyl (C=O) groups excluding carboxylic acids is 1. The van der Waals surface area contributed by atoms with Gasteiger partial charge in [0.2, 0.25) is 11.9 Å². The number of hydrogen-bond acceptors (Lipinski definition) is 4. The van der Waals surface area contributed by atoms with E-state index < -0.39 is 0 Å². The number of anilines is 1. The molecular weight excluding hydrogens is 348 g/mol. The van der Waals surface area contributed by atoms with Crippen LogP contribution in [0.3, 0.4) is 0 Å². The van der Waals surface area contributed by atoms with Crippen LogP contribution in [0.1, 0.15) is 49.3 Å². The summed E-state index contributed by atoms with van der Waals surface area (Å²) in [6.45, 7) is 0. The quantitative estimate of drug-likeness (QED) is 0.590. The molecule has 0 aromatic heterocycles. The molecule has 5 rings (SSSR count). The number of nitrogens with zero attached hydrogens (tertiary/aromatic N) is 2. The van der Waals surface area contributed by atoms with Crippen LogP contribution in [-0.4, -0.2) is 11.9 Å². The summed E-state index contributed by atoms with van der Waals surface area (Å²) in [5.74, 6) is 6.24. The second kappa shape index (κ2) is 6.74. The highest BCUT2D eigenvalue weighted by Crippen LogP contribution is 2.56. The van der Waals surface area contributed by atoms with Gasteiger partial charge in [0.05, 0.1) is 17.6 Å². The minimum Gasteiger partial charge on any atom is -0.294 e. The molecule has 2 unspecified atom stereocenters. The number of fused-ring (bicyclic) bond motifs is 4. The molecule has 2 aromatic carbocycles. The molecule has 3 aliphatic rings. The molecule has 0 saturated heterocycles. The zero-order valence-electron chi connectivity index (χ0n) is 16.0. The Morgan fingerprint density at radius 1 is 1.00 bits per heavy atom. The lowest BCUT2D eigenvalue weighted by atomic mass is 9.56. The molecule has 28 heavy (non-hydrogen) atoms. The first-order valence-electron chi connectivity index (χ1n) is 10.2. The van der Waals surface area contributed by atoms with Gasteiger partial charge in [0.1, 0.15) is 0 Å².